The summed E-state index contributed by atoms with van der Waals surface area (Å²) < 4.78 is 39.7. The van der Waals surface area contributed by atoms with Crippen molar-refractivity contribution in [3.63, 3.8) is 0 Å². The van der Waals surface area contributed by atoms with Gasteiger partial charge in [-0.2, -0.15) is 5.10 Å². The Morgan fingerprint density at radius 2 is 1.94 bits per heavy atom. The van der Waals surface area contributed by atoms with Crippen molar-refractivity contribution >= 4 is 28.4 Å². The molecule has 0 radical (unpaired) electrons. The first-order valence-corrected chi connectivity index (χ1v) is 9.26. The van der Waals surface area contributed by atoms with Crippen molar-refractivity contribution < 1.29 is 18.0 Å². The topological polar surface area (TPSA) is 101 Å². The zero-order chi connectivity index (χ0) is 22.1. The standard InChI is InChI=1S/C20H18F3N7O/c1-10-5-15(29-30(10)2)20(31)28-17-8-14-12(9-25-17)6-13(26-14)11-3-4-24-16(7-11)27-19(23)18(21)22/h3-9,18-19,26H,1-2H3,(H,24,27)(H,25,28,31). The summed E-state index contributed by atoms with van der Waals surface area (Å²) in [5.41, 5.74) is 3.09. The Bertz CT molecular complexity index is 1230. The van der Waals surface area contributed by atoms with E-state index in [1.165, 1.54) is 12.3 Å². The molecule has 1 amide bonds. The van der Waals surface area contributed by atoms with Crippen molar-refractivity contribution in [2.45, 2.75) is 19.6 Å². The molecule has 160 valence electrons. The van der Waals surface area contributed by atoms with Gasteiger partial charge in [-0.1, -0.05) is 0 Å². The second kappa shape index (κ2) is 8.09. The van der Waals surface area contributed by atoms with Crippen LogP contribution < -0.4 is 10.6 Å². The molecule has 4 aromatic heterocycles. The molecular weight excluding hydrogens is 411 g/mol. The van der Waals surface area contributed by atoms with Crippen LogP contribution in [0.5, 0.6) is 0 Å². The molecule has 3 N–H and O–H groups in total. The summed E-state index contributed by atoms with van der Waals surface area (Å²) >= 11 is 0. The Balaban J connectivity index is 1.56. The summed E-state index contributed by atoms with van der Waals surface area (Å²) in [6, 6.07) is 8.26. The molecule has 0 bridgehead atoms. The maximum absolute atomic E-state index is 13.3. The first kappa shape index (κ1) is 20.4. The van der Waals surface area contributed by atoms with Crippen LogP contribution in [0.3, 0.4) is 0 Å². The number of rotatable bonds is 6. The van der Waals surface area contributed by atoms with Crippen molar-refractivity contribution in [3.05, 3.63) is 54.1 Å². The predicted octanol–water partition coefficient (Wildman–Crippen LogP) is 3.89. The van der Waals surface area contributed by atoms with Crippen LogP contribution >= 0.6 is 0 Å². The van der Waals surface area contributed by atoms with Crippen LogP contribution in [0.15, 0.2) is 42.7 Å². The Hall–Kier alpha value is -3.89. The molecule has 1 unspecified atom stereocenters. The number of alkyl halides is 3. The van der Waals surface area contributed by atoms with Crippen molar-refractivity contribution in [1.82, 2.24) is 24.7 Å². The summed E-state index contributed by atoms with van der Waals surface area (Å²) in [5.74, 6) is -0.0591. The van der Waals surface area contributed by atoms with Gasteiger partial charge in [-0.15, -0.1) is 0 Å². The fourth-order valence-electron chi connectivity index (χ4n) is 2.98. The van der Waals surface area contributed by atoms with Gasteiger partial charge in [-0.3, -0.25) is 9.48 Å². The van der Waals surface area contributed by atoms with Crippen LogP contribution in [0.4, 0.5) is 24.8 Å². The van der Waals surface area contributed by atoms with Gasteiger partial charge in [0.25, 0.3) is 12.3 Å². The summed E-state index contributed by atoms with van der Waals surface area (Å²) in [5, 5.41) is 9.63. The van der Waals surface area contributed by atoms with Gasteiger partial charge in [0, 0.05) is 47.8 Å². The van der Waals surface area contributed by atoms with Crippen molar-refractivity contribution in [1.29, 1.82) is 0 Å². The van der Waals surface area contributed by atoms with Crippen LogP contribution in [0.1, 0.15) is 16.2 Å². The van der Waals surface area contributed by atoms with Crippen LogP contribution in [0.25, 0.3) is 22.2 Å². The molecule has 0 saturated carbocycles. The van der Waals surface area contributed by atoms with Crippen LogP contribution in [0.2, 0.25) is 0 Å². The van der Waals surface area contributed by atoms with Crippen molar-refractivity contribution in [2.24, 2.45) is 7.05 Å². The minimum atomic E-state index is -3.16. The number of fused-ring (bicyclic) bond motifs is 1. The van der Waals surface area contributed by atoms with E-state index in [1.807, 2.05) is 12.2 Å². The van der Waals surface area contributed by atoms with E-state index < -0.39 is 12.7 Å². The molecule has 11 heteroatoms. The predicted molar refractivity (Wildman–Crippen MR) is 110 cm³/mol. The Morgan fingerprint density at radius 3 is 2.65 bits per heavy atom. The number of aromatic nitrogens is 5. The van der Waals surface area contributed by atoms with Gasteiger partial charge in [0.05, 0.1) is 5.52 Å². The number of nitrogens with zero attached hydrogens (tertiary/aromatic N) is 4. The molecule has 0 aromatic carbocycles. The first-order chi connectivity index (χ1) is 14.8. The molecule has 0 spiro atoms. The van der Waals surface area contributed by atoms with Gasteiger partial charge >= 0.3 is 0 Å². The van der Waals surface area contributed by atoms with E-state index in [-0.39, 0.29) is 17.4 Å². The van der Waals surface area contributed by atoms with Gasteiger partial charge in [0.2, 0.25) is 6.30 Å². The van der Waals surface area contributed by atoms with Gasteiger partial charge in [0.15, 0.2) is 5.69 Å². The van der Waals surface area contributed by atoms with Crippen molar-refractivity contribution in [3.8, 4) is 11.3 Å². The monoisotopic (exact) mass is 429 g/mol. The summed E-state index contributed by atoms with van der Waals surface area (Å²) in [7, 11) is 1.75. The highest BCUT2D eigenvalue weighted by molar-refractivity contribution is 6.03. The lowest BCUT2D eigenvalue weighted by atomic mass is 10.2. The van der Waals surface area contributed by atoms with Gasteiger partial charge < -0.3 is 15.6 Å². The third-order valence-electron chi connectivity index (χ3n) is 4.67. The van der Waals surface area contributed by atoms with Gasteiger partial charge in [-0.05, 0) is 31.2 Å². The highest BCUT2D eigenvalue weighted by Crippen LogP contribution is 2.26. The number of amides is 1. The van der Waals surface area contributed by atoms with E-state index in [2.05, 4.69) is 25.4 Å². The normalized spacial score (nSPS) is 12.3. The maximum Gasteiger partial charge on any atom is 0.287 e. The summed E-state index contributed by atoms with van der Waals surface area (Å²) in [4.78, 5) is 23.7. The summed E-state index contributed by atoms with van der Waals surface area (Å²) in [6.07, 6.45) is -2.69. The molecule has 0 saturated heterocycles. The molecule has 4 heterocycles. The lowest BCUT2D eigenvalue weighted by Crippen LogP contribution is -2.22. The smallest absolute Gasteiger partial charge is 0.287 e. The highest BCUT2D eigenvalue weighted by atomic mass is 19.3. The molecule has 0 fully saturated rings. The minimum absolute atomic E-state index is 0.0133. The van der Waals surface area contributed by atoms with E-state index in [1.54, 1.807) is 42.2 Å². The fourth-order valence-corrected chi connectivity index (χ4v) is 2.98. The average molecular weight is 429 g/mol. The third kappa shape index (κ3) is 4.34. The minimum Gasteiger partial charge on any atom is -0.354 e. The number of H-pyrrole nitrogens is 1. The SMILES string of the molecule is Cc1cc(C(=O)Nc2cc3[nH]c(-c4ccnc(NC(F)C(F)F)c4)cc3cn2)nn1C. The van der Waals surface area contributed by atoms with Crippen LogP contribution in [-0.4, -0.2) is 43.4 Å². The number of aromatic amines is 1. The van der Waals surface area contributed by atoms with E-state index in [0.717, 1.165) is 11.1 Å². The molecule has 8 nitrogen and oxygen atoms in total. The number of anilines is 2. The molecule has 4 rings (SSSR count). The Labute approximate surface area is 174 Å². The van der Waals surface area contributed by atoms with Crippen LogP contribution in [-0.2, 0) is 7.05 Å². The summed E-state index contributed by atoms with van der Waals surface area (Å²) in [6.45, 7) is 1.84. The lowest BCUT2D eigenvalue weighted by Gasteiger charge is -2.10. The molecule has 31 heavy (non-hydrogen) atoms. The molecular formula is C20H18F3N7O. The molecule has 0 aliphatic rings. The second-order valence-electron chi connectivity index (χ2n) is 6.90. The second-order valence-corrected chi connectivity index (χ2v) is 6.90. The number of halogens is 3. The third-order valence-corrected chi connectivity index (χ3v) is 4.67. The molecule has 4 aromatic rings. The largest absolute Gasteiger partial charge is 0.354 e. The number of pyridine rings is 2. The van der Waals surface area contributed by atoms with E-state index in [4.69, 9.17) is 0 Å². The van der Waals surface area contributed by atoms with E-state index in [9.17, 15) is 18.0 Å². The number of hydrogen-bond acceptors (Lipinski definition) is 5. The Kier molecular flexibility index (Phi) is 5.32. The zero-order valence-electron chi connectivity index (χ0n) is 16.5. The van der Waals surface area contributed by atoms with Crippen LogP contribution in [0, 0.1) is 6.92 Å². The quantitative estimate of drug-likeness (QED) is 0.404. The molecule has 1 atom stereocenters. The zero-order valence-corrected chi connectivity index (χ0v) is 16.5. The number of hydrogen-bond donors (Lipinski definition) is 3. The lowest BCUT2D eigenvalue weighted by molar-refractivity contribution is 0.0648. The first-order valence-electron chi connectivity index (χ1n) is 9.26. The van der Waals surface area contributed by atoms with Gasteiger partial charge in [0.1, 0.15) is 11.6 Å². The highest BCUT2D eigenvalue weighted by Gasteiger charge is 2.19. The average Bonchev–Trinajstić information content (AvgIpc) is 3.31. The maximum atomic E-state index is 13.3. The molecule has 0 aliphatic carbocycles. The number of carbonyl (C=O) groups excluding carboxylic acids is 1. The van der Waals surface area contributed by atoms with E-state index >= 15 is 0 Å². The fraction of sp³-hybridized carbons (Fsp3) is 0.200. The van der Waals surface area contributed by atoms with Crippen molar-refractivity contribution in [2.75, 3.05) is 10.6 Å². The Morgan fingerprint density at radius 1 is 1.13 bits per heavy atom. The van der Waals surface area contributed by atoms with Gasteiger partial charge in [-0.25, -0.2) is 23.1 Å². The molecule has 0 aliphatic heterocycles. The van der Waals surface area contributed by atoms with E-state index in [0.29, 0.717) is 22.6 Å². The number of nitrogens with one attached hydrogen (secondary N) is 3. The number of aryl methyl sites for hydroxylation is 2. The number of carbonyl (C=O) groups is 1.